The second-order valence-electron chi connectivity index (χ2n) is 5.72. The summed E-state index contributed by atoms with van der Waals surface area (Å²) in [6, 6.07) is 7.49. The molecular formula is C17H19N3O3S. The molecule has 0 saturated carbocycles. The van der Waals surface area contributed by atoms with Crippen LogP contribution in [0.4, 0.5) is 5.13 Å². The third-order valence-electron chi connectivity index (χ3n) is 3.87. The molecular weight excluding hydrogens is 326 g/mol. The maximum Gasteiger partial charge on any atom is 0.337 e. The Balaban J connectivity index is 1.64. The summed E-state index contributed by atoms with van der Waals surface area (Å²) in [6.07, 6.45) is 0.881. The van der Waals surface area contributed by atoms with Gasteiger partial charge in [-0.2, -0.15) is 0 Å². The first-order valence-electron chi connectivity index (χ1n) is 7.71. The smallest absolute Gasteiger partial charge is 0.337 e. The van der Waals surface area contributed by atoms with E-state index in [1.165, 1.54) is 18.9 Å². The van der Waals surface area contributed by atoms with Gasteiger partial charge in [0.15, 0.2) is 5.13 Å². The zero-order valence-corrected chi connectivity index (χ0v) is 14.5. The van der Waals surface area contributed by atoms with Gasteiger partial charge in [-0.25, -0.2) is 9.78 Å². The maximum atomic E-state index is 11.5. The molecule has 24 heavy (non-hydrogen) atoms. The van der Waals surface area contributed by atoms with Gasteiger partial charge in [-0.05, 0) is 17.7 Å². The summed E-state index contributed by atoms with van der Waals surface area (Å²) in [5, 5.41) is 3.43. The highest BCUT2D eigenvalue weighted by Crippen LogP contribution is 2.29. The van der Waals surface area contributed by atoms with Gasteiger partial charge in [-0.1, -0.05) is 12.1 Å². The minimum absolute atomic E-state index is 0.0938. The van der Waals surface area contributed by atoms with Crippen LogP contribution in [0.3, 0.4) is 0 Å². The maximum absolute atomic E-state index is 11.5. The van der Waals surface area contributed by atoms with E-state index in [0.717, 1.165) is 37.3 Å². The highest BCUT2D eigenvalue weighted by atomic mass is 32.1. The van der Waals surface area contributed by atoms with E-state index >= 15 is 0 Å². The average Bonchev–Trinajstić information content (AvgIpc) is 2.95. The number of fused-ring (bicyclic) bond motifs is 1. The fourth-order valence-electron chi connectivity index (χ4n) is 2.71. The Bertz CT molecular complexity index is 755. The lowest BCUT2D eigenvalue weighted by Crippen LogP contribution is -2.29. The van der Waals surface area contributed by atoms with Crippen LogP contribution >= 0.6 is 11.3 Å². The molecule has 2 heterocycles. The third-order valence-corrected chi connectivity index (χ3v) is 4.87. The fourth-order valence-corrected chi connectivity index (χ4v) is 3.81. The highest BCUT2D eigenvalue weighted by Gasteiger charge is 2.21. The van der Waals surface area contributed by atoms with E-state index in [1.807, 2.05) is 12.1 Å². The molecule has 0 radical (unpaired) electrons. The van der Waals surface area contributed by atoms with Crippen LogP contribution in [0.5, 0.6) is 0 Å². The molecule has 1 amide bonds. The van der Waals surface area contributed by atoms with Crippen LogP contribution in [-0.2, 0) is 29.0 Å². The van der Waals surface area contributed by atoms with Crippen molar-refractivity contribution in [3.8, 4) is 0 Å². The van der Waals surface area contributed by atoms with Crippen molar-refractivity contribution in [2.24, 2.45) is 0 Å². The molecule has 1 aliphatic heterocycles. The molecule has 1 aromatic carbocycles. The van der Waals surface area contributed by atoms with Gasteiger partial charge in [0, 0.05) is 37.9 Å². The Morgan fingerprint density at radius 2 is 2.08 bits per heavy atom. The Kier molecular flexibility index (Phi) is 4.92. The average molecular weight is 345 g/mol. The topological polar surface area (TPSA) is 71.5 Å². The molecule has 0 fully saturated rings. The number of methoxy groups -OCH3 is 1. The number of carbonyl (C=O) groups excluding carboxylic acids is 2. The summed E-state index contributed by atoms with van der Waals surface area (Å²) in [6.45, 7) is 4.05. The van der Waals surface area contributed by atoms with E-state index in [9.17, 15) is 9.59 Å². The number of hydrogen-bond donors (Lipinski definition) is 1. The van der Waals surface area contributed by atoms with E-state index in [4.69, 9.17) is 4.74 Å². The monoisotopic (exact) mass is 345 g/mol. The van der Waals surface area contributed by atoms with Crippen molar-refractivity contribution in [1.29, 1.82) is 0 Å². The standard InChI is InChI=1S/C17H19N3O3S/c1-11(21)18-17-19-14-7-8-20(10-15(14)24-17)9-12-3-5-13(6-4-12)16(22)23-2/h3-6H,7-10H2,1-2H3,(H,18,19,21). The Morgan fingerprint density at radius 1 is 1.33 bits per heavy atom. The highest BCUT2D eigenvalue weighted by molar-refractivity contribution is 7.15. The first-order valence-corrected chi connectivity index (χ1v) is 8.52. The van der Waals surface area contributed by atoms with Crippen molar-refractivity contribution in [2.75, 3.05) is 19.0 Å². The number of esters is 1. The third kappa shape index (κ3) is 3.80. The number of anilines is 1. The quantitative estimate of drug-likeness (QED) is 0.862. The van der Waals surface area contributed by atoms with E-state index in [1.54, 1.807) is 23.5 Å². The molecule has 0 unspecified atom stereocenters. The Labute approximate surface area is 144 Å². The first-order chi connectivity index (χ1) is 11.5. The number of hydrogen-bond acceptors (Lipinski definition) is 6. The molecule has 1 N–H and O–H groups in total. The minimum atomic E-state index is -0.320. The number of nitrogens with one attached hydrogen (secondary N) is 1. The largest absolute Gasteiger partial charge is 0.465 e. The van der Waals surface area contributed by atoms with Crippen molar-refractivity contribution in [3.63, 3.8) is 0 Å². The van der Waals surface area contributed by atoms with E-state index in [2.05, 4.69) is 15.2 Å². The van der Waals surface area contributed by atoms with Crippen LogP contribution < -0.4 is 5.32 Å². The molecule has 0 bridgehead atoms. The van der Waals surface area contributed by atoms with Gasteiger partial charge in [0.05, 0.1) is 18.4 Å². The molecule has 1 aromatic heterocycles. The van der Waals surface area contributed by atoms with E-state index < -0.39 is 0 Å². The summed E-state index contributed by atoms with van der Waals surface area (Å²) in [5.41, 5.74) is 2.79. The van der Waals surface area contributed by atoms with Crippen LogP contribution in [0.1, 0.15) is 33.4 Å². The molecule has 0 spiro atoms. The van der Waals surface area contributed by atoms with Crippen LogP contribution in [-0.4, -0.2) is 35.4 Å². The lowest BCUT2D eigenvalue weighted by Gasteiger charge is -2.25. The zero-order chi connectivity index (χ0) is 17.1. The fraction of sp³-hybridized carbons (Fsp3) is 0.353. The van der Waals surface area contributed by atoms with Gasteiger partial charge in [0.25, 0.3) is 0 Å². The summed E-state index contributed by atoms with van der Waals surface area (Å²) >= 11 is 1.54. The lowest BCUT2D eigenvalue weighted by molar-refractivity contribution is -0.114. The SMILES string of the molecule is COC(=O)c1ccc(CN2CCc3nc(NC(C)=O)sc3C2)cc1. The number of aromatic nitrogens is 1. The summed E-state index contributed by atoms with van der Waals surface area (Å²) in [7, 11) is 1.38. The molecule has 2 aromatic rings. The molecule has 0 atom stereocenters. The normalized spacial score (nSPS) is 14.1. The van der Waals surface area contributed by atoms with Gasteiger partial charge in [-0.15, -0.1) is 11.3 Å². The Hall–Kier alpha value is -2.25. The molecule has 3 rings (SSSR count). The number of amides is 1. The predicted molar refractivity (Wildman–Crippen MR) is 92.0 cm³/mol. The van der Waals surface area contributed by atoms with Crippen molar-refractivity contribution < 1.29 is 14.3 Å². The van der Waals surface area contributed by atoms with E-state index in [0.29, 0.717) is 10.7 Å². The molecule has 0 saturated heterocycles. The van der Waals surface area contributed by atoms with Crippen molar-refractivity contribution >= 4 is 28.3 Å². The van der Waals surface area contributed by atoms with Crippen molar-refractivity contribution in [2.45, 2.75) is 26.4 Å². The second kappa shape index (κ2) is 7.11. The van der Waals surface area contributed by atoms with Gasteiger partial charge < -0.3 is 10.1 Å². The van der Waals surface area contributed by atoms with E-state index in [-0.39, 0.29) is 11.9 Å². The number of thiazole rings is 1. The number of rotatable bonds is 4. The van der Waals surface area contributed by atoms with Crippen molar-refractivity contribution in [3.05, 3.63) is 46.0 Å². The summed E-state index contributed by atoms with van der Waals surface area (Å²) < 4.78 is 4.71. The molecule has 6 nitrogen and oxygen atoms in total. The summed E-state index contributed by atoms with van der Waals surface area (Å²) in [5.74, 6) is -0.414. The van der Waals surface area contributed by atoms with Crippen LogP contribution in [0, 0.1) is 0 Å². The van der Waals surface area contributed by atoms with Crippen LogP contribution in [0.25, 0.3) is 0 Å². The van der Waals surface area contributed by atoms with Crippen LogP contribution in [0.15, 0.2) is 24.3 Å². The lowest BCUT2D eigenvalue weighted by atomic mass is 10.1. The van der Waals surface area contributed by atoms with Crippen molar-refractivity contribution in [1.82, 2.24) is 9.88 Å². The minimum Gasteiger partial charge on any atom is -0.465 e. The van der Waals surface area contributed by atoms with Gasteiger partial charge in [0.1, 0.15) is 0 Å². The predicted octanol–water partition coefficient (Wildman–Crippen LogP) is 2.45. The number of benzene rings is 1. The molecule has 7 heteroatoms. The van der Waals surface area contributed by atoms with Gasteiger partial charge in [-0.3, -0.25) is 9.69 Å². The zero-order valence-electron chi connectivity index (χ0n) is 13.7. The number of ether oxygens (including phenoxy) is 1. The number of nitrogens with zero attached hydrogens (tertiary/aromatic N) is 2. The molecule has 126 valence electrons. The summed E-state index contributed by atoms with van der Waals surface area (Å²) in [4.78, 5) is 30.6. The van der Waals surface area contributed by atoms with Crippen LogP contribution in [0.2, 0.25) is 0 Å². The van der Waals surface area contributed by atoms with Gasteiger partial charge >= 0.3 is 5.97 Å². The second-order valence-corrected chi connectivity index (χ2v) is 6.80. The Morgan fingerprint density at radius 3 is 2.75 bits per heavy atom. The number of carbonyl (C=O) groups is 2. The first kappa shape index (κ1) is 16.6. The van der Waals surface area contributed by atoms with Gasteiger partial charge in [0.2, 0.25) is 5.91 Å². The molecule has 1 aliphatic rings. The molecule has 0 aliphatic carbocycles.